The molecule has 4 aromatic rings. The van der Waals surface area contributed by atoms with E-state index in [0.717, 1.165) is 51.0 Å². The van der Waals surface area contributed by atoms with E-state index >= 15 is 0 Å². The molecule has 238 valence electrons. The summed E-state index contributed by atoms with van der Waals surface area (Å²) in [5.74, 6) is 0.284. The Balaban J connectivity index is 1.22. The fraction of sp³-hybridized carbons (Fsp3) is 0.316. The fourth-order valence-corrected chi connectivity index (χ4v) is 7.25. The summed E-state index contributed by atoms with van der Waals surface area (Å²) < 4.78 is 27.0. The number of carbonyl (C=O) groups excluding carboxylic acids is 1. The van der Waals surface area contributed by atoms with E-state index in [9.17, 15) is 13.6 Å². The van der Waals surface area contributed by atoms with Crippen LogP contribution in [0, 0.1) is 11.6 Å². The topological polar surface area (TPSA) is 47.9 Å². The zero-order valence-corrected chi connectivity index (χ0v) is 26.8. The maximum Gasteiger partial charge on any atom is 0.222 e. The number of aliphatic imine (C=N–C) groups is 1. The van der Waals surface area contributed by atoms with Crippen molar-refractivity contribution in [2.45, 2.75) is 51.1 Å². The largest absolute Gasteiger partial charge is 0.352 e. The van der Waals surface area contributed by atoms with Crippen molar-refractivity contribution in [1.82, 2.24) is 10.2 Å². The molecule has 1 saturated heterocycles. The van der Waals surface area contributed by atoms with Crippen molar-refractivity contribution in [1.29, 1.82) is 0 Å². The summed E-state index contributed by atoms with van der Waals surface area (Å²) in [7, 11) is 0. The van der Waals surface area contributed by atoms with Gasteiger partial charge in [0.2, 0.25) is 5.91 Å². The number of amidine groups is 1. The number of rotatable bonds is 12. The summed E-state index contributed by atoms with van der Waals surface area (Å²) in [6, 6.07) is 28.7. The monoisotopic (exact) mass is 638 g/mol. The van der Waals surface area contributed by atoms with Gasteiger partial charge in [0.05, 0.1) is 18.2 Å². The number of amides is 1. The van der Waals surface area contributed by atoms with Crippen LogP contribution < -0.4 is 10.2 Å². The van der Waals surface area contributed by atoms with Gasteiger partial charge in [-0.15, -0.1) is 0 Å². The van der Waals surface area contributed by atoms with E-state index in [1.165, 1.54) is 69.6 Å². The first-order valence-electron chi connectivity index (χ1n) is 16.2. The maximum atomic E-state index is 13.6. The van der Waals surface area contributed by atoms with Crippen molar-refractivity contribution in [2.75, 3.05) is 30.3 Å². The predicted molar refractivity (Wildman–Crippen MR) is 185 cm³/mol. The highest BCUT2D eigenvalue weighted by atomic mass is 32.2. The number of nitrogens with zero attached hydrogens (tertiary/aromatic N) is 3. The lowest BCUT2D eigenvalue weighted by molar-refractivity contribution is -0.121. The molecule has 2 aliphatic rings. The average molecular weight is 639 g/mol. The molecular formula is C38H40F2N4OS. The number of likely N-dealkylation sites (tertiary alicyclic amines) is 1. The number of hydrogen-bond acceptors (Lipinski definition) is 5. The van der Waals surface area contributed by atoms with Gasteiger partial charge < -0.3 is 15.1 Å². The molecule has 0 aromatic heterocycles. The van der Waals surface area contributed by atoms with Crippen molar-refractivity contribution in [3.05, 3.63) is 120 Å². The Bertz CT molecular complexity index is 1620. The Morgan fingerprint density at radius 2 is 1.46 bits per heavy atom. The summed E-state index contributed by atoms with van der Waals surface area (Å²) >= 11 is 1.74. The summed E-state index contributed by atoms with van der Waals surface area (Å²) in [5.41, 5.74) is 5.59. The number of thioether (sulfide) groups is 1. The number of para-hydroxylation sites is 1. The highest BCUT2D eigenvalue weighted by Crippen LogP contribution is 2.42. The van der Waals surface area contributed by atoms with Gasteiger partial charge in [-0.25, -0.2) is 13.8 Å². The van der Waals surface area contributed by atoms with Gasteiger partial charge >= 0.3 is 0 Å². The predicted octanol–water partition coefficient (Wildman–Crippen LogP) is 8.89. The van der Waals surface area contributed by atoms with Crippen LogP contribution in [0.5, 0.6) is 0 Å². The minimum Gasteiger partial charge on any atom is -0.352 e. The van der Waals surface area contributed by atoms with Gasteiger partial charge in [0, 0.05) is 23.5 Å². The first-order chi connectivity index (χ1) is 22.5. The van der Waals surface area contributed by atoms with E-state index in [1.807, 2.05) is 30.3 Å². The maximum absolute atomic E-state index is 13.6. The molecule has 1 amide bonds. The number of carbonyl (C=O) groups is 1. The molecule has 1 unspecified atom stereocenters. The van der Waals surface area contributed by atoms with Gasteiger partial charge in [0.15, 0.2) is 5.17 Å². The Morgan fingerprint density at radius 3 is 2.17 bits per heavy atom. The fourth-order valence-electron chi connectivity index (χ4n) is 6.19. The SMILES string of the molecule is O=C(CC1c2ccccc2N=C(SCCCCCN2CCCC2)N1c1ccc(-c2ccc(F)cc2)cc1)NCc1ccc(F)cc1. The lowest BCUT2D eigenvalue weighted by atomic mass is 9.97. The van der Waals surface area contributed by atoms with E-state index in [1.54, 1.807) is 36.0 Å². The molecule has 0 saturated carbocycles. The van der Waals surface area contributed by atoms with Crippen LogP contribution in [-0.2, 0) is 11.3 Å². The van der Waals surface area contributed by atoms with Crippen LogP contribution in [-0.4, -0.2) is 41.4 Å². The van der Waals surface area contributed by atoms with Gasteiger partial charge in [-0.1, -0.05) is 72.8 Å². The normalized spacial score (nSPS) is 16.3. The quantitative estimate of drug-likeness (QED) is 0.158. The number of anilines is 1. The van der Waals surface area contributed by atoms with E-state index in [4.69, 9.17) is 4.99 Å². The van der Waals surface area contributed by atoms with E-state index in [0.29, 0.717) is 6.54 Å². The van der Waals surface area contributed by atoms with Crippen LogP contribution in [0.15, 0.2) is 102 Å². The van der Waals surface area contributed by atoms with Crippen LogP contribution in [0.1, 0.15) is 55.7 Å². The van der Waals surface area contributed by atoms with Gasteiger partial charge in [0.25, 0.3) is 0 Å². The van der Waals surface area contributed by atoms with Crippen LogP contribution in [0.2, 0.25) is 0 Å². The summed E-state index contributed by atoms with van der Waals surface area (Å²) in [4.78, 5) is 23.3. The zero-order valence-electron chi connectivity index (χ0n) is 26.0. The zero-order chi connectivity index (χ0) is 31.7. The molecule has 6 rings (SSSR count). The molecular weight excluding hydrogens is 599 g/mol. The van der Waals surface area contributed by atoms with Crippen LogP contribution >= 0.6 is 11.8 Å². The Morgan fingerprint density at radius 1 is 0.804 bits per heavy atom. The molecule has 8 heteroatoms. The molecule has 1 N–H and O–H groups in total. The molecule has 1 fully saturated rings. The van der Waals surface area contributed by atoms with Crippen molar-refractivity contribution >= 4 is 34.2 Å². The number of hydrogen-bond donors (Lipinski definition) is 1. The van der Waals surface area contributed by atoms with E-state index in [2.05, 4.69) is 33.3 Å². The third-order valence-corrected chi connectivity index (χ3v) is 9.72. The van der Waals surface area contributed by atoms with Gasteiger partial charge in [-0.2, -0.15) is 0 Å². The van der Waals surface area contributed by atoms with Gasteiger partial charge in [-0.05, 0) is 104 Å². The number of fused-ring (bicyclic) bond motifs is 1. The van der Waals surface area contributed by atoms with Crippen molar-refractivity contribution in [2.24, 2.45) is 4.99 Å². The summed E-state index contributed by atoms with van der Waals surface area (Å²) in [6.45, 7) is 3.98. The molecule has 5 nitrogen and oxygen atoms in total. The number of unbranched alkanes of at least 4 members (excludes halogenated alkanes) is 2. The second kappa shape index (κ2) is 15.5. The molecule has 0 bridgehead atoms. The minimum absolute atomic E-state index is 0.0924. The number of halogens is 2. The Hall–Kier alpha value is -4.01. The third-order valence-electron chi connectivity index (χ3n) is 8.68. The lowest BCUT2D eigenvalue weighted by Crippen LogP contribution is -2.39. The molecule has 2 heterocycles. The smallest absolute Gasteiger partial charge is 0.222 e. The number of benzene rings is 4. The molecule has 0 aliphatic carbocycles. The van der Waals surface area contributed by atoms with Crippen LogP contribution in [0.3, 0.4) is 0 Å². The van der Waals surface area contributed by atoms with Crippen molar-refractivity contribution in [3.8, 4) is 11.1 Å². The Kier molecular flexibility index (Phi) is 10.8. The minimum atomic E-state index is -0.300. The van der Waals surface area contributed by atoms with E-state index in [-0.39, 0.29) is 30.0 Å². The first-order valence-corrected chi connectivity index (χ1v) is 17.2. The van der Waals surface area contributed by atoms with Crippen LogP contribution in [0.4, 0.5) is 20.2 Å². The Labute approximate surface area is 274 Å². The standard InChI is InChI=1S/C38H40F2N4OS/c39-31-16-10-28(11-17-31)27-41-37(45)26-36-34-8-2-3-9-35(34)42-38(46-25-7-1-4-22-43-23-5-6-24-43)44(36)33-20-14-30(15-21-33)29-12-18-32(40)19-13-29/h2-3,8-21,36H,1,4-7,22-27H2,(H,41,45). The lowest BCUT2D eigenvalue weighted by Gasteiger charge is -2.38. The average Bonchev–Trinajstić information content (AvgIpc) is 3.60. The molecule has 0 radical (unpaired) electrons. The molecule has 1 atom stereocenters. The number of nitrogens with one attached hydrogen (secondary N) is 1. The van der Waals surface area contributed by atoms with Gasteiger partial charge in [-0.3, -0.25) is 4.79 Å². The highest BCUT2D eigenvalue weighted by molar-refractivity contribution is 8.14. The molecule has 4 aromatic carbocycles. The molecule has 46 heavy (non-hydrogen) atoms. The first kappa shape index (κ1) is 32.0. The molecule has 2 aliphatic heterocycles. The van der Waals surface area contributed by atoms with E-state index < -0.39 is 0 Å². The van der Waals surface area contributed by atoms with Crippen LogP contribution in [0.25, 0.3) is 11.1 Å². The molecule has 0 spiro atoms. The highest BCUT2D eigenvalue weighted by Gasteiger charge is 2.33. The second-order valence-corrected chi connectivity index (χ2v) is 13.0. The summed E-state index contributed by atoms with van der Waals surface area (Å²) in [6.07, 6.45) is 6.36. The third kappa shape index (κ3) is 8.22. The van der Waals surface area contributed by atoms with Crippen molar-refractivity contribution in [3.63, 3.8) is 0 Å². The van der Waals surface area contributed by atoms with Gasteiger partial charge in [0.1, 0.15) is 11.6 Å². The summed E-state index contributed by atoms with van der Waals surface area (Å²) in [5, 5.41) is 3.92. The van der Waals surface area contributed by atoms with Crippen molar-refractivity contribution < 1.29 is 13.6 Å². The second-order valence-electron chi connectivity index (χ2n) is 12.0.